The maximum atomic E-state index is 10.1. The molecule has 1 heterocycles. The number of nitrogens with zero attached hydrogens (tertiary/aromatic N) is 2. The molecule has 6 heteroatoms. The summed E-state index contributed by atoms with van der Waals surface area (Å²) in [4.78, 5) is 9.06. The number of phenols is 1. The van der Waals surface area contributed by atoms with Crippen LogP contribution >= 0.6 is 27.5 Å². The Balaban J connectivity index is 1.63. The highest BCUT2D eigenvalue weighted by atomic mass is 79.9. The molecule has 0 radical (unpaired) electrons. The number of hydrogen-bond acceptors (Lipinski definition) is 4. The van der Waals surface area contributed by atoms with Crippen LogP contribution in [0, 0.1) is 0 Å². The first kappa shape index (κ1) is 20.6. The van der Waals surface area contributed by atoms with Gasteiger partial charge >= 0.3 is 0 Å². The van der Waals surface area contributed by atoms with Crippen molar-refractivity contribution in [3.8, 4) is 17.2 Å². The first-order valence-corrected chi connectivity index (χ1v) is 10.6. The summed E-state index contributed by atoms with van der Waals surface area (Å²) < 4.78 is 6.44. The molecule has 4 aromatic rings. The van der Waals surface area contributed by atoms with Crippen LogP contribution in [0.25, 0.3) is 22.6 Å². The van der Waals surface area contributed by atoms with Gasteiger partial charge in [0, 0.05) is 22.4 Å². The fourth-order valence-corrected chi connectivity index (χ4v) is 3.89. The SMILES string of the molecule is CC(C)(C)c1ccc(-c2nc3cc(N=Cc4cc(Cl)cc(Br)c4O)ccc3o2)cc1. The third-order valence-corrected chi connectivity index (χ3v) is 5.60. The van der Waals surface area contributed by atoms with E-state index in [2.05, 4.69) is 58.8 Å². The van der Waals surface area contributed by atoms with Gasteiger partial charge in [-0.1, -0.05) is 44.5 Å². The molecule has 1 aromatic heterocycles. The van der Waals surface area contributed by atoms with Crippen molar-refractivity contribution in [2.45, 2.75) is 26.2 Å². The van der Waals surface area contributed by atoms with Gasteiger partial charge in [0.2, 0.25) is 5.89 Å². The Bertz CT molecular complexity index is 1250. The van der Waals surface area contributed by atoms with Gasteiger partial charge in [0.25, 0.3) is 0 Å². The zero-order valence-electron chi connectivity index (χ0n) is 16.8. The van der Waals surface area contributed by atoms with Gasteiger partial charge in [0.05, 0.1) is 10.2 Å². The van der Waals surface area contributed by atoms with E-state index in [-0.39, 0.29) is 11.2 Å². The number of oxazole rings is 1. The lowest BCUT2D eigenvalue weighted by Gasteiger charge is -2.18. The van der Waals surface area contributed by atoms with Gasteiger partial charge in [-0.25, -0.2) is 4.98 Å². The standard InChI is InChI=1S/C24H20BrClN2O2/c1-24(2,3)16-6-4-14(5-7-16)23-28-20-12-18(8-9-21(20)30-23)27-13-15-10-17(26)11-19(25)22(15)29/h4-13,29H,1-3H3. The zero-order chi connectivity index (χ0) is 21.5. The molecule has 4 rings (SSSR count). The third kappa shape index (κ3) is 4.27. The number of aliphatic imine (C=N–C) groups is 1. The highest BCUT2D eigenvalue weighted by Gasteiger charge is 2.15. The summed E-state index contributed by atoms with van der Waals surface area (Å²) in [5, 5.41) is 10.7. The Hall–Kier alpha value is -2.63. The Labute approximate surface area is 188 Å². The Kier molecular flexibility index (Phi) is 5.43. The number of halogens is 2. The largest absolute Gasteiger partial charge is 0.506 e. The summed E-state index contributed by atoms with van der Waals surface area (Å²) in [5.41, 5.74) is 4.91. The number of fused-ring (bicyclic) bond motifs is 1. The van der Waals surface area contributed by atoms with Crippen molar-refractivity contribution in [3.63, 3.8) is 0 Å². The summed E-state index contributed by atoms with van der Waals surface area (Å²) in [6.07, 6.45) is 1.57. The van der Waals surface area contributed by atoms with E-state index in [1.165, 1.54) is 5.56 Å². The first-order chi connectivity index (χ1) is 14.2. The molecule has 0 aliphatic carbocycles. The van der Waals surface area contributed by atoms with Crippen LogP contribution in [-0.2, 0) is 5.41 Å². The van der Waals surface area contributed by atoms with Crippen molar-refractivity contribution in [1.82, 2.24) is 4.98 Å². The molecule has 0 saturated carbocycles. The van der Waals surface area contributed by atoms with Crippen LogP contribution in [0.5, 0.6) is 5.75 Å². The van der Waals surface area contributed by atoms with Crippen molar-refractivity contribution < 1.29 is 9.52 Å². The van der Waals surface area contributed by atoms with E-state index in [4.69, 9.17) is 16.0 Å². The molecule has 1 N–H and O–H groups in total. The van der Waals surface area contributed by atoms with Crippen LogP contribution in [0.4, 0.5) is 5.69 Å². The topological polar surface area (TPSA) is 58.6 Å². The number of rotatable bonds is 3. The minimum Gasteiger partial charge on any atom is -0.506 e. The molecule has 3 aromatic carbocycles. The van der Waals surface area contributed by atoms with Crippen molar-refractivity contribution in [2.75, 3.05) is 0 Å². The van der Waals surface area contributed by atoms with Gasteiger partial charge in [-0.2, -0.15) is 0 Å². The maximum Gasteiger partial charge on any atom is 0.227 e. The van der Waals surface area contributed by atoms with E-state index in [0.29, 0.717) is 32.2 Å². The molecule has 0 aliphatic heterocycles. The molecule has 0 fully saturated rings. The quantitative estimate of drug-likeness (QED) is 0.304. The second kappa shape index (κ2) is 7.89. The van der Waals surface area contributed by atoms with Crippen LogP contribution in [0.15, 0.2) is 68.5 Å². The lowest BCUT2D eigenvalue weighted by molar-refractivity contribution is 0.471. The molecule has 0 saturated heterocycles. The summed E-state index contributed by atoms with van der Waals surface area (Å²) >= 11 is 9.33. The maximum absolute atomic E-state index is 10.1. The van der Waals surface area contributed by atoms with Gasteiger partial charge in [0.1, 0.15) is 11.3 Å². The molecular formula is C24H20BrClN2O2. The molecular weight excluding hydrogens is 464 g/mol. The van der Waals surface area contributed by atoms with Gasteiger partial charge in [0.15, 0.2) is 5.58 Å². The molecule has 0 spiro atoms. The average molecular weight is 484 g/mol. The minimum absolute atomic E-state index is 0.0895. The predicted octanol–water partition coefficient (Wildman–Crippen LogP) is 7.66. The highest BCUT2D eigenvalue weighted by Crippen LogP contribution is 2.32. The molecule has 0 amide bonds. The minimum atomic E-state index is 0.0895. The lowest BCUT2D eigenvalue weighted by atomic mass is 9.87. The Morgan fingerprint density at radius 2 is 1.80 bits per heavy atom. The van der Waals surface area contributed by atoms with E-state index in [9.17, 15) is 5.11 Å². The van der Waals surface area contributed by atoms with Gasteiger partial charge in [-0.05, 0) is 69.4 Å². The smallest absolute Gasteiger partial charge is 0.227 e. The van der Waals surface area contributed by atoms with E-state index >= 15 is 0 Å². The molecule has 0 aliphatic rings. The number of phenolic OH excluding ortho intramolecular Hbond substituents is 1. The lowest BCUT2D eigenvalue weighted by Crippen LogP contribution is -2.10. The first-order valence-electron chi connectivity index (χ1n) is 9.44. The zero-order valence-corrected chi connectivity index (χ0v) is 19.1. The monoisotopic (exact) mass is 482 g/mol. The number of benzene rings is 3. The molecule has 30 heavy (non-hydrogen) atoms. The Morgan fingerprint density at radius 3 is 2.50 bits per heavy atom. The van der Waals surface area contributed by atoms with Crippen molar-refractivity contribution in [1.29, 1.82) is 0 Å². The highest BCUT2D eigenvalue weighted by molar-refractivity contribution is 9.10. The van der Waals surface area contributed by atoms with Crippen LogP contribution in [0.2, 0.25) is 5.02 Å². The van der Waals surface area contributed by atoms with Crippen LogP contribution in [0.3, 0.4) is 0 Å². The third-order valence-electron chi connectivity index (χ3n) is 4.78. The van der Waals surface area contributed by atoms with Crippen LogP contribution < -0.4 is 0 Å². The van der Waals surface area contributed by atoms with Gasteiger partial charge in [-0.15, -0.1) is 0 Å². The summed E-state index contributed by atoms with van der Waals surface area (Å²) in [6, 6.07) is 17.1. The van der Waals surface area contributed by atoms with Crippen molar-refractivity contribution in [3.05, 3.63) is 75.2 Å². The second-order valence-electron chi connectivity index (χ2n) is 8.08. The van der Waals surface area contributed by atoms with Gasteiger partial charge < -0.3 is 9.52 Å². The summed E-state index contributed by atoms with van der Waals surface area (Å²) in [7, 11) is 0. The van der Waals surface area contributed by atoms with Crippen LogP contribution in [-0.4, -0.2) is 16.3 Å². The number of aromatic hydroxyl groups is 1. The van der Waals surface area contributed by atoms with E-state index in [1.807, 2.05) is 30.3 Å². The van der Waals surface area contributed by atoms with Crippen molar-refractivity contribution in [2.24, 2.45) is 4.99 Å². The van der Waals surface area contributed by atoms with Crippen LogP contribution in [0.1, 0.15) is 31.9 Å². The fourth-order valence-electron chi connectivity index (χ4n) is 3.06. The average Bonchev–Trinajstić information content (AvgIpc) is 3.12. The molecule has 0 atom stereocenters. The number of aromatic nitrogens is 1. The molecule has 4 nitrogen and oxygen atoms in total. The fraction of sp³-hybridized carbons (Fsp3) is 0.167. The summed E-state index contributed by atoms with van der Waals surface area (Å²) in [6.45, 7) is 6.56. The summed E-state index contributed by atoms with van der Waals surface area (Å²) in [5.74, 6) is 0.662. The van der Waals surface area contributed by atoms with E-state index in [0.717, 1.165) is 11.1 Å². The second-order valence-corrected chi connectivity index (χ2v) is 9.37. The van der Waals surface area contributed by atoms with Crippen molar-refractivity contribution >= 4 is 50.5 Å². The molecule has 152 valence electrons. The Morgan fingerprint density at radius 1 is 1.07 bits per heavy atom. The molecule has 0 unspecified atom stereocenters. The molecule has 0 bridgehead atoms. The van der Waals surface area contributed by atoms with E-state index < -0.39 is 0 Å². The van der Waals surface area contributed by atoms with Gasteiger partial charge in [-0.3, -0.25) is 4.99 Å². The predicted molar refractivity (Wildman–Crippen MR) is 126 cm³/mol. The van der Waals surface area contributed by atoms with E-state index in [1.54, 1.807) is 18.3 Å². The normalized spacial score (nSPS) is 12.2. The number of hydrogen-bond donors (Lipinski definition) is 1.